The topological polar surface area (TPSA) is 58.6 Å². The Labute approximate surface area is 180 Å². The van der Waals surface area contributed by atoms with E-state index in [1.165, 1.54) is 0 Å². The Morgan fingerprint density at radius 3 is 2.50 bits per heavy atom. The molecule has 6 heteroatoms. The molecular formula is C24H22N2O3S. The van der Waals surface area contributed by atoms with Crippen LogP contribution in [0.25, 0.3) is 0 Å². The standard InChI is InChI=1S/C24H22N2O3S/c1-17-11-13-18(14-12-17)26-23(28)16-30-24(26)20-9-5-6-10-21(20)25-22(27)15-29-19-7-3-2-4-8-19/h2-14,24H,15-16H2,1H3,(H,25,27)/t24-/m1/s1. The van der Waals surface area contributed by atoms with E-state index in [0.717, 1.165) is 16.8 Å². The van der Waals surface area contributed by atoms with E-state index in [1.54, 1.807) is 16.7 Å². The molecule has 1 N–H and O–H groups in total. The van der Waals surface area contributed by atoms with Gasteiger partial charge >= 0.3 is 0 Å². The number of amides is 2. The number of nitrogens with one attached hydrogen (secondary N) is 1. The molecular weight excluding hydrogens is 396 g/mol. The molecule has 152 valence electrons. The molecule has 1 aliphatic rings. The number of aryl methyl sites for hydroxylation is 1. The van der Waals surface area contributed by atoms with E-state index in [2.05, 4.69) is 5.32 Å². The number of anilines is 2. The number of para-hydroxylation sites is 2. The van der Waals surface area contributed by atoms with Crippen molar-refractivity contribution in [1.82, 2.24) is 0 Å². The fourth-order valence-corrected chi connectivity index (χ4v) is 4.53. The normalized spacial score (nSPS) is 15.8. The summed E-state index contributed by atoms with van der Waals surface area (Å²) in [6.45, 7) is 1.93. The zero-order chi connectivity index (χ0) is 20.9. The molecule has 1 heterocycles. The van der Waals surface area contributed by atoms with Gasteiger partial charge in [0.2, 0.25) is 5.91 Å². The summed E-state index contributed by atoms with van der Waals surface area (Å²) in [4.78, 5) is 26.9. The molecule has 4 rings (SSSR count). The first-order valence-electron chi connectivity index (χ1n) is 9.69. The Balaban J connectivity index is 1.52. The van der Waals surface area contributed by atoms with Crippen molar-refractivity contribution < 1.29 is 14.3 Å². The molecule has 0 aromatic heterocycles. The largest absolute Gasteiger partial charge is 0.484 e. The predicted octanol–water partition coefficient (Wildman–Crippen LogP) is 4.79. The van der Waals surface area contributed by atoms with Crippen LogP contribution in [0.2, 0.25) is 0 Å². The van der Waals surface area contributed by atoms with Gasteiger partial charge in [-0.15, -0.1) is 11.8 Å². The average molecular weight is 419 g/mol. The number of hydrogen-bond acceptors (Lipinski definition) is 4. The van der Waals surface area contributed by atoms with Crippen LogP contribution in [-0.2, 0) is 9.59 Å². The van der Waals surface area contributed by atoms with Gasteiger partial charge in [0, 0.05) is 16.9 Å². The second-order valence-corrected chi connectivity index (χ2v) is 8.07. The Kier molecular flexibility index (Phi) is 6.05. The van der Waals surface area contributed by atoms with Crippen molar-refractivity contribution in [3.63, 3.8) is 0 Å². The monoisotopic (exact) mass is 418 g/mol. The molecule has 0 unspecified atom stereocenters. The van der Waals surface area contributed by atoms with E-state index in [0.29, 0.717) is 17.2 Å². The fraction of sp³-hybridized carbons (Fsp3) is 0.167. The minimum absolute atomic E-state index is 0.0578. The van der Waals surface area contributed by atoms with Gasteiger partial charge in [-0.3, -0.25) is 14.5 Å². The Hall–Kier alpha value is -3.25. The summed E-state index contributed by atoms with van der Waals surface area (Å²) in [6, 6.07) is 24.7. The van der Waals surface area contributed by atoms with Crippen molar-refractivity contribution in [2.75, 3.05) is 22.6 Å². The quantitative estimate of drug-likeness (QED) is 0.625. The highest BCUT2D eigenvalue weighted by Crippen LogP contribution is 2.44. The maximum absolute atomic E-state index is 12.6. The summed E-state index contributed by atoms with van der Waals surface area (Å²) in [6.07, 6.45) is 0. The van der Waals surface area contributed by atoms with E-state index >= 15 is 0 Å². The maximum Gasteiger partial charge on any atom is 0.262 e. The lowest BCUT2D eigenvalue weighted by Gasteiger charge is -2.26. The molecule has 3 aromatic carbocycles. The third kappa shape index (κ3) is 4.49. The van der Waals surface area contributed by atoms with Gasteiger partial charge in [-0.2, -0.15) is 0 Å². The Morgan fingerprint density at radius 1 is 1.03 bits per heavy atom. The molecule has 0 aliphatic carbocycles. The van der Waals surface area contributed by atoms with Crippen molar-refractivity contribution in [2.45, 2.75) is 12.3 Å². The minimum Gasteiger partial charge on any atom is -0.484 e. The molecule has 0 spiro atoms. The molecule has 1 saturated heterocycles. The van der Waals surface area contributed by atoms with Crippen molar-refractivity contribution in [3.8, 4) is 5.75 Å². The highest BCUT2D eigenvalue weighted by Gasteiger charge is 2.35. The van der Waals surface area contributed by atoms with Gasteiger partial charge in [-0.25, -0.2) is 0 Å². The third-order valence-corrected chi connectivity index (χ3v) is 5.99. The van der Waals surface area contributed by atoms with Crippen LogP contribution < -0.4 is 15.0 Å². The summed E-state index contributed by atoms with van der Waals surface area (Å²) in [7, 11) is 0. The molecule has 1 atom stereocenters. The number of rotatable bonds is 6. The van der Waals surface area contributed by atoms with E-state index < -0.39 is 0 Å². The molecule has 3 aromatic rings. The first-order valence-corrected chi connectivity index (χ1v) is 10.7. The SMILES string of the molecule is Cc1ccc(N2C(=O)CS[C@@H]2c2ccccc2NC(=O)COc2ccccc2)cc1. The lowest BCUT2D eigenvalue weighted by molar-refractivity contribution is -0.118. The highest BCUT2D eigenvalue weighted by molar-refractivity contribution is 8.00. The number of benzene rings is 3. The summed E-state index contributed by atoms with van der Waals surface area (Å²) >= 11 is 1.56. The number of carbonyl (C=O) groups is 2. The summed E-state index contributed by atoms with van der Waals surface area (Å²) in [5, 5.41) is 2.74. The van der Waals surface area contributed by atoms with Crippen molar-refractivity contribution >= 4 is 35.0 Å². The molecule has 1 aliphatic heterocycles. The van der Waals surface area contributed by atoms with E-state index in [9.17, 15) is 9.59 Å². The third-order valence-electron chi connectivity index (χ3n) is 4.79. The van der Waals surface area contributed by atoms with Gasteiger partial charge in [-0.1, -0.05) is 54.1 Å². The number of carbonyl (C=O) groups excluding carboxylic acids is 2. The molecule has 1 fully saturated rings. The fourth-order valence-electron chi connectivity index (χ4n) is 3.32. The first kappa shape index (κ1) is 20.0. The van der Waals surface area contributed by atoms with Crippen LogP contribution in [0, 0.1) is 6.92 Å². The lowest BCUT2D eigenvalue weighted by atomic mass is 10.1. The van der Waals surface area contributed by atoms with Gasteiger partial charge in [0.1, 0.15) is 11.1 Å². The van der Waals surface area contributed by atoms with E-state index in [1.807, 2.05) is 85.8 Å². The van der Waals surface area contributed by atoms with Crippen LogP contribution >= 0.6 is 11.8 Å². The number of thioether (sulfide) groups is 1. The van der Waals surface area contributed by atoms with Gasteiger partial charge in [0.15, 0.2) is 6.61 Å². The lowest BCUT2D eigenvalue weighted by Crippen LogP contribution is -2.29. The van der Waals surface area contributed by atoms with Crippen LogP contribution in [0.15, 0.2) is 78.9 Å². The van der Waals surface area contributed by atoms with Crippen LogP contribution in [0.5, 0.6) is 5.75 Å². The first-order chi connectivity index (χ1) is 14.6. The second kappa shape index (κ2) is 9.05. The molecule has 0 saturated carbocycles. The van der Waals surface area contributed by atoms with E-state index in [4.69, 9.17) is 4.74 Å². The molecule has 2 amide bonds. The average Bonchev–Trinajstić information content (AvgIpc) is 3.15. The van der Waals surface area contributed by atoms with Gasteiger partial charge < -0.3 is 10.1 Å². The smallest absolute Gasteiger partial charge is 0.262 e. The molecule has 0 bridgehead atoms. The zero-order valence-corrected chi connectivity index (χ0v) is 17.4. The Bertz CT molecular complexity index is 1040. The van der Waals surface area contributed by atoms with E-state index in [-0.39, 0.29) is 23.8 Å². The van der Waals surface area contributed by atoms with Crippen LogP contribution in [0.1, 0.15) is 16.5 Å². The van der Waals surface area contributed by atoms with Gasteiger partial charge in [-0.05, 0) is 37.3 Å². The molecule has 5 nitrogen and oxygen atoms in total. The maximum atomic E-state index is 12.6. The summed E-state index contributed by atoms with van der Waals surface area (Å²) in [5.41, 5.74) is 3.57. The van der Waals surface area contributed by atoms with Crippen molar-refractivity contribution in [2.24, 2.45) is 0 Å². The minimum atomic E-state index is -0.248. The molecule has 30 heavy (non-hydrogen) atoms. The predicted molar refractivity (Wildman–Crippen MR) is 121 cm³/mol. The summed E-state index contributed by atoms with van der Waals surface area (Å²) < 4.78 is 5.54. The van der Waals surface area contributed by atoms with Crippen molar-refractivity contribution in [1.29, 1.82) is 0 Å². The number of hydrogen-bond donors (Lipinski definition) is 1. The highest BCUT2D eigenvalue weighted by atomic mass is 32.2. The van der Waals surface area contributed by atoms with Gasteiger partial charge in [0.05, 0.1) is 5.75 Å². The number of ether oxygens (including phenoxy) is 1. The van der Waals surface area contributed by atoms with Crippen molar-refractivity contribution in [3.05, 3.63) is 90.0 Å². The van der Waals surface area contributed by atoms with Crippen LogP contribution in [-0.4, -0.2) is 24.2 Å². The van der Waals surface area contributed by atoms with Crippen LogP contribution in [0.3, 0.4) is 0 Å². The zero-order valence-electron chi connectivity index (χ0n) is 16.6. The van der Waals surface area contributed by atoms with Gasteiger partial charge in [0.25, 0.3) is 5.91 Å². The Morgan fingerprint density at radius 2 is 1.73 bits per heavy atom. The molecule has 0 radical (unpaired) electrons. The van der Waals surface area contributed by atoms with Crippen LogP contribution in [0.4, 0.5) is 11.4 Å². The second-order valence-electron chi connectivity index (χ2n) is 7.00. The summed E-state index contributed by atoms with van der Waals surface area (Å²) in [5.74, 6) is 0.853. The number of nitrogens with zero attached hydrogens (tertiary/aromatic N) is 1.